The van der Waals surface area contributed by atoms with Crippen LogP contribution in [0, 0.1) is 0 Å². The Morgan fingerprint density at radius 2 is 1.79 bits per heavy atom. The largest absolute Gasteiger partial charge is 0.494 e. The minimum Gasteiger partial charge on any atom is -0.494 e. The number of benzene rings is 2. The third-order valence-electron chi connectivity index (χ3n) is 6.11. The number of anilines is 1. The number of carbonyl (C=O) groups excluding carboxylic acids is 3. The van der Waals surface area contributed by atoms with E-state index in [-0.39, 0.29) is 35.7 Å². The molecule has 11 heteroatoms. The number of ether oxygens (including phenoxy) is 3. The first kappa shape index (κ1) is 27.8. The van der Waals surface area contributed by atoms with Crippen LogP contribution in [-0.4, -0.2) is 72.9 Å². The molecule has 1 aromatic heterocycles. The average molecular weight is 551 g/mol. The molecule has 0 aliphatic carbocycles. The van der Waals surface area contributed by atoms with Gasteiger partial charge in [-0.3, -0.25) is 19.3 Å². The smallest absolute Gasteiger partial charge is 0.325 e. The summed E-state index contributed by atoms with van der Waals surface area (Å²) in [6.07, 6.45) is 3.49. The molecule has 0 saturated carbocycles. The summed E-state index contributed by atoms with van der Waals surface area (Å²) in [5.41, 5.74) is 2.28. The lowest BCUT2D eigenvalue weighted by Gasteiger charge is -2.19. The molecule has 0 spiro atoms. The fraction of sp³-hybridized carbons (Fsp3) is 0.286. The Morgan fingerprint density at radius 1 is 1.05 bits per heavy atom. The van der Waals surface area contributed by atoms with Crippen LogP contribution in [-0.2, 0) is 30.4 Å². The van der Waals surface area contributed by atoms with Crippen LogP contribution in [0.25, 0.3) is 17.0 Å². The van der Waals surface area contributed by atoms with Gasteiger partial charge in [0.2, 0.25) is 5.91 Å². The zero-order valence-electron chi connectivity index (χ0n) is 22.0. The first-order valence-corrected chi connectivity index (χ1v) is 12.8. The number of thiocarbonyl (C=S) groups is 1. The van der Waals surface area contributed by atoms with Gasteiger partial charge in [0.05, 0.1) is 26.0 Å². The van der Waals surface area contributed by atoms with Gasteiger partial charge in [-0.2, -0.15) is 0 Å². The molecule has 2 aromatic carbocycles. The molecule has 2 amide bonds. The SMILES string of the molecule is CCOc1ccc(N2C(=O)/C(=C/c3cn(CC(=O)NCCOC)c4ccccc34)N(CC(=O)OC)C2=S)cc1. The highest BCUT2D eigenvalue weighted by Gasteiger charge is 2.40. The second-order valence-electron chi connectivity index (χ2n) is 8.61. The van der Waals surface area contributed by atoms with Crippen molar-refractivity contribution < 1.29 is 28.6 Å². The number of amides is 2. The van der Waals surface area contributed by atoms with Crippen molar-refractivity contribution in [1.29, 1.82) is 0 Å². The van der Waals surface area contributed by atoms with Crippen molar-refractivity contribution in [3.63, 3.8) is 0 Å². The lowest BCUT2D eigenvalue weighted by Crippen LogP contribution is -2.35. The molecule has 0 radical (unpaired) electrons. The van der Waals surface area contributed by atoms with Gasteiger partial charge in [-0.25, -0.2) is 0 Å². The molecule has 1 aliphatic rings. The molecule has 2 heterocycles. The Bertz CT molecular complexity index is 1420. The van der Waals surface area contributed by atoms with E-state index in [9.17, 15) is 14.4 Å². The third-order valence-corrected chi connectivity index (χ3v) is 6.51. The zero-order valence-corrected chi connectivity index (χ0v) is 22.8. The normalized spacial score (nSPS) is 14.4. The molecule has 1 saturated heterocycles. The van der Waals surface area contributed by atoms with Crippen molar-refractivity contribution in [1.82, 2.24) is 14.8 Å². The highest BCUT2D eigenvalue weighted by Crippen LogP contribution is 2.32. The number of rotatable bonds is 11. The second-order valence-corrected chi connectivity index (χ2v) is 8.98. The first-order valence-electron chi connectivity index (χ1n) is 12.4. The summed E-state index contributed by atoms with van der Waals surface area (Å²) < 4.78 is 17.2. The highest BCUT2D eigenvalue weighted by atomic mass is 32.1. The topological polar surface area (TPSA) is 102 Å². The molecule has 1 fully saturated rings. The third kappa shape index (κ3) is 6.10. The quantitative estimate of drug-likeness (QED) is 0.168. The van der Waals surface area contributed by atoms with Gasteiger partial charge in [-0.05, 0) is 55.5 Å². The van der Waals surface area contributed by atoms with Crippen LogP contribution < -0.4 is 15.0 Å². The molecule has 4 rings (SSSR count). The molecule has 0 bridgehead atoms. The molecule has 39 heavy (non-hydrogen) atoms. The highest BCUT2D eigenvalue weighted by molar-refractivity contribution is 7.80. The number of hydrogen-bond acceptors (Lipinski definition) is 7. The molecule has 204 valence electrons. The van der Waals surface area contributed by atoms with Gasteiger partial charge in [0.1, 0.15) is 24.5 Å². The van der Waals surface area contributed by atoms with Gasteiger partial charge in [-0.1, -0.05) is 18.2 Å². The first-order chi connectivity index (χ1) is 18.9. The number of carbonyl (C=O) groups is 3. The van der Waals surface area contributed by atoms with E-state index in [1.54, 1.807) is 43.6 Å². The summed E-state index contributed by atoms with van der Waals surface area (Å²) in [5.74, 6) is -0.430. The van der Waals surface area contributed by atoms with Crippen LogP contribution >= 0.6 is 12.2 Å². The summed E-state index contributed by atoms with van der Waals surface area (Å²) in [4.78, 5) is 41.4. The number of nitrogens with zero attached hydrogens (tertiary/aromatic N) is 3. The fourth-order valence-electron chi connectivity index (χ4n) is 4.28. The lowest BCUT2D eigenvalue weighted by atomic mass is 10.1. The number of aromatic nitrogens is 1. The molecule has 1 aliphatic heterocycles. The Balaban J connectivity index is 1.72. The summed E-state index contributed by atoms with van der Waals surface area (Å²) in [6.45, 7) is 3.08. The van der Waals surface area contributed by atoms with Crippen molar-refractivity contribution in [2.75, 3.05) is 45.4 Å². The minimum atomic E-state index is -0.542. The van der Waals surface area contributed by atoms with Crippen LogP contribution in [0.1, 0.15) is 12.5 Å². The van der Waals surface area contributed by atoms with Crippen LogP contribution in [0.15, 0.2) is 60.4 Å². The van der Waals surface area contributed by atoms with Gasteiger partial charge in [-0.15, -0.1) is 0 Å². The summed E-state index contributed by atoms with van der Waals surface area (Å²) in [6, 6.07) is 14.6. The van der Waals surface area contributed by atoms with Gasteiger partial charge in [0.25, 0.3) is 5.91 Å². The summed E-state index contributed by atoms with van der Waals surface area (Å²) >= 11 is 5.66. The Hall–Kier alpha value is -4.22. The van der Waals surface area contributed by atoms with Gasteiger partial charge >= 0.3 is 5.97 Å². The Kier molecular flexibility index (Phi) is 8.95. The predicted molar refractivity (Wildman–Crippen MR) is 151 cm³/mol. The van der Waals surface area contributed by atoms with Crippen LogP contribution in [0.2, 0.25) is 0 Å². The maximum atomic E-state index is 13.7. The maximum Gasteiger partial charge on any atom is 0.325 e. The molecule has 1 N–H and O–H groups in total. The van der Waals surface area contributed by atoms with E-state index in [0.717, 1.165) is 10.9 Å². The van der Waals surface area contributed by atoms with E-state index in [1.165, 1.54) is 16.9 Å². The number of fused-ring (bicyclic) bond motifs is 1. The van der Waals surface area contributed by atoms with Crippen molar-refractivity contribution in [2.45, 2.75) is 13.5 Å². The van der Waals surface area contributed by atoms with Crippen molar-refractivity contribution in [3.05, 3.63) is 66.0 Å². The van der Waals surface area contributed by atoms with Crippen LogP contribution in [0.4, 0.5) is 5.69 Å². The van der Waals surface area contributed by atoms with Crippen LogP contribution in [0.5, 0.6) is 5.75 Å². The standard InChI is InChI=1S/C28H30N4O6S/c1-4-38-21-11-9-20(10-12-21)32-27(35)24(31(28(32)39)18-26(34)37-3)15-19-16-30(17-25(33)29-13-14-36-2)23-8-6-5-7-22(19)23/h5-12,15-16H,4,13-14,17-18H2,1-3H3,(H,29,33)/b24-15-. The maximum absolute atomic E-state index is 13.7. The molecular formula is C28H30N4O6S. The number of hydrogen-bond donors (Lipinski definition) is 1. The van der Waals surface area contributed by atoms with Gasteiger partial charge < -0.3 is 29.0 Å². The monoisotopic (exact) mass is 550 g/mol. The van der Waals surface area contributed by atoms with E-state index in [1.807, 2.05) is 35.8 Å². The lowest BCUT2D eigenvalue weighted by molar-refractivity contribution is -0.140. The van der Waals surface area contributed by atoms with Crippen molar-refractivity contribution >= 4 is 57.8 Å². The van der Waals surface area contributed by atoms with E-state index in [0.29, 0.717) is 36.8 Å². The van der Waals surface area contributed by atoms with Crippen molar-refractivity contribution in [2.24, 2.45) is 0 Å². The molecule has 10 nitrogen and oxygen atoms in total. The van der Waals surface area contributed by atoms with E-state index >= 15 is 0 Å². The summed E-state index contributed by atoms with van der Waals surface area (Å²) in [5, 5.41) is 3.81. The number of nitrogens with one attached hydrogen (secondary N) is 1. The minimum absolute atomic E-state index is 0.0872. The van der Waals surface area contributed by atoms with Crippen molar-refractivity contribution in [3.8, 4) is 5.75 Å². The second kappa shape index (κ2) is 12.5. The van der Waals surface area contributed by atoms with Crippen LogP contribution in [0.3, 0.4) is 0 Å². The van der Waals surface area contributed by atoms with E-state index < -0.39 is 5.97 Å². The van der Waals surface area contributed by atoms with Gasteiger partial charge in [0.15, 0.2) is 5.11 Å². The molecular weight excluding hydrogens is 520 g/mol. The molecule has 0 atom stereocenters. The average Bonchev–Trinajstić information content (AvgIpc) is 3.39. The van der Waals surface area contributed by atoms with Gasteiger partial charge in [0, 0.05) is 36.3 Å². The Morgan fingerprint density at radius 3 is 2.49 bits per heavy atom. The zero-order chi connectivity index (χ0) is 27.9. The predicted octanol–water partition coefficient (Wildman–Crippen LogP) is 2.95. The van der Waals surface area contributed by atoms with E-state index in [4.69, 9.17) is 26.4 Å². The Labute approximate surface area is 231 Å². The molecule has 0 unspecified atom stereocenters. The summed E-state index contributed by atoms with van der Waals surface area (Å²) in [7, 11) is 2.85. The number of para-hydroxylation sites is 1. The molecule has 3 aromatic rings. The van der Waals surface area contributed by atoms with E-state index in [2.05, 4.69) is 5.32 Å². The number of esters is 1. The number of methoxy groups -OCH3 is 2. The fourth-order valence-corrected chi connectivity index (χ4v) is 4.64.